The Hall–Kier alpha value is -2.73. The number of amides is 1. The Morgan fingerprint density at radius 1 is 1.19 bits per heavy atom. The van der Waals surface area contributed by atoms with E-state index < -0.39 is 5.91 Å². The molecule has 1 N–H and O–H groups in total. The predicted molar refractivity (Wildman–Crippen MR) is 101 cm³/mol. The summed E-state index contributed by atoms with van der Waals surface area (Å²) in [5.74, 6) is 1.19. The second kappa shape index (κ2) is 9.68. The Kier molecular flexibility index (Phi) is 7.29. The van der Waals surface area contributed by atoms with Crippen LogP contribution in [0.25, 0.3) is 0 Å². The molecule has 1 amide bonds. The van der Waals surface area contributed by atoms with Gasteiger partial charge in [-0.2, -0.15) is 5.10 Å². The summed E-state index contributed by atoms with van der Waals surface area (Å²) >= 11 is 5.97. The third kappa shape index (κ3) is 5.67. The summed E-state index contributed by atoms with van der Waals surface area (Å²) in [6.45, 7) is 3.64. The smallest absolute Gasteiger partial charge is 0.277 e. The van der Waals surface area contributed by atoms with E-state index >= 15 is 0 Å². The number of carbonyl (C=O) groups is 1. The Morgan fingerprint density at radius 3 is 2.62 bits per heavy atom. The largest absolute Gasteiger partial charge is 0.493 e. The van der Waals surface area contributed by atoms with Crippen molar-refractivity contribution in [1.82, 2.24) is 5.43 Å². The van der Waals surface area contributed by atoms with Gasteiger partial charge in [-0.3, -0.25) is 4.79 Å². The van der Waals surface area contributed by atoms with E-state index in [4.69, 9.17) is 25.8 Å². The van der Waals surface area contributed by atoms with Crippen molar-refractivity contribution in [2.75, 3.05) is 13.7 Å². The highest BCUT2D eigenvalue weighted by molar-refractivity contribution is 6.32. The molecule has 0 aliphatic carbocycles. The van der Waals surface area contributed by atoms with Crippen LogP contribution in [0.1, 0.15) is 19.4 Å². The zero-order valence-corrected chi connectivity index (χ0v) is 15.6. The lowest BCUT2D eigenvalue weighted by atomic mass is 10.2. The fourth-order valence-electron chi connectivity index (χ4n) is 2.07. The van der Waals surface area contributed by atoms with Crippen molar-refractivity contribution >= 4 is 23.7 Å². The Morgan fingerprint density at radius 2 is 1.92 bits per heavy atom. The number of benzene rings is 2. The summed E-state index contributed by atoms with van der Waals surface area (Å²) in [5, 5.41) is 4.39. The SMILES string of the molecule is COc1cccc(/C=N\NC(=O)COc2ccccc2Cl)c1OC(C)C. The van der Waals surface area contributed by atoms with Gasteiger partial charge in [0, 0.05) is 5.56 Å². The fraction of sp³-hybridized carbons (Fsp3) is 0.263. The van der Waals surface area contributed by atoms with Crippen molar-refractivity contribution in [3.8, 4) is 17.2 Å². The molecule has 0 saturated heterocycles. The highest BCUT2D eigenvalue weighted by Crippen LogP contribution is 2.30. The molecule has 0 aromatic heterocycles. The van der Waals surface area contributed by atoms with E-state index in [2.05, 4.69) is 10.5 Å². The number of nitrogens with one attached hydrogen (secondary N) is 1. The first kappa shape index (κ1) is 19.6. The van der Waals surface area contributed by atoms with E-state index in [1.165, 1.54) is 6.21 Å². The number of carbonyl (C=O) groups excluding carboxylic acids is 1. The quantitative estimate of drug-likeness (QED) is 0.563. The van der Waals surface area contributed by atoms with Gasteiger partial charge in [-0.1, -0.05) is 29.8 Å². The molecule has 0 unspecified atom stereocenters. The molecule has 0 saturated carbocycles. The number of ether oxygens (including phenoxy) is 3. The molecule has 0 fully saturated rings. The number of hydrogen-bond donors (Lipinski definition) is 1. The Bertz CT molecular complexity index is 778. The minimum Gasteiger partial charge on any atom is -0.493 e. The third-order valence-electron chi connectivity index (χ3n) is 3.17. The molecule has 138 valence electrons. The molecule has 0 aliphatic rings. The maximum absolute atomic E-state index is 11.9. The first-order valence-corrected chi connectivity index (χ1v) is 8.42. The highest BCUT2D eigenvalue weighted by atomic mass is 35.5. The van der Waals surface area contributed by atoms with Crippen LogP contribution in [0.5, 0.6) is 17.2 Å². The minimum atomic E-state index is -0.407. The Balaban J connectivity index is 1.97. The van der Waals surface area contributed by atoms with Crippen molar-refractivity contribution in [2.45, 2.75) is 20.0 Å². The average molecular weight is 377 g/mol. The van der Waals surface area contributed by atoms with Gasteiger partial charge in [0.2, 0.25) is 0 Å². The topological polar surface area (TPSA) is 69.2 Å². The molecule has 0 bridgehead atoms. The summed E-state index contributed by atoms with van der Waals surface area (Å²) in [5.41, 5.74) is 3.09. The first-order valence-electron chi connectivity index (χ1n) is 8.04. The second-order valence-electron chi connectivity index (χ2n) is 5.56. The minimum absolute atomic E-state index is 0.0305. The maximum Gasteiger partial charge on any atom is 0.277 e. The average Bonchev–Trinajstić information content (AvgIpc) is 2.62. The van der Waals surface area contributed by atoms with Crippen molar-refractivity contribution in [3.05, 3.63) is 53.1 Å². The van der Waals surface area contributed by atoms with Gasteiger partial charge < -0.3 is 14.2 Å². The van der Waals surface area contributed by atoms with Gasteiger partial charge in [-0.15, -0.1) is 0 Å². The van der Waals surface area contributed by atoms with Gasteiger partial charge in [-0.05, 0) is 38.1 Å². The molecule has 2 aromatic carbocycles. The standard InChI is InChI=1S/C19H21ClN2O4/c1-13(2)26-19-14(7-6-10-17(19)24-3)11-21-22-18(23)12-25-16-9-5-4-8-15(16)20/h4-11,13H,12H2,1-3H3,(H,22,23)/b21-11-. The second-order valence-corrected chi connectivity index (χ2v) is 5.96. The normalized spacial score (nSPS) is 10.8. The van der Waals surface area contributed by atoms with Gasteiger partial charge >= 0.3 is 0 Å². The molecular formula is C19H21ClN2O4. The summed E-state index contributed by atoms with van der Waals surface area (Å²) in [6.07, 6.45) is 1.46. The van der Waals surface area contributed by atoms with Gasteiger partial charge in [0.05, 0.1) is 24.5 Å². The molecule has 7 heteroatoms. The van der Waals surface area contributed by atoms with E-state index in [0.717, 1.165) is 0 Å². The van der Waals surface area contributed by atoms with Gasteiger partial charge in [0.15, 0.2) is 18.1 Å². The van der Waals surface area contributed by atoms with E-state index in [-0.39, 0.29) is 12.7 Å². The van der Waals surface area contributed by atoms with Gasteiger partial charge in [0.25, 0.3) is 5.91 Å². The number of halogens is 1. The Labute approximate surface area is 157 Å². The predicted octanol–water partition coefficient (Wildman–Crippen LogP) is 3.66. The molecule has 2 aromatic rings. The number of para-hydroxylation sites is 2. The molecule has 26 heavy (non-hydrogen) atoms. The molecule has 2 rings (SSSR count). The summed E-state index contributed by atoms with van der Waals surface area (Å²) in [7, 11) is 1.57. The van der Waals surface area contributed by atoms with E-state index in [1.807, 2.05) is 26.0 Å². The number of hydrogen-bond acceptors (Lipinski definition) is 5. The number of rotatable bonds is 8. The molecular weight excluding hydrogens is 356 g/mol. The number of methoxy groups -OCH3 is 1. The van der Waals surface area contributed by atoms with Crippen molar-refractivity contribution < 1.29 is 19.0 Å². The monoisotopic (exact) mass is 376 g/mol. The van der Waals surface area contributed by atoms with Crippen molar-refractivity contribution in [1.29, 1.82) is 0 Å². The summed E-state index contributed by atoms with van der Waals surface area (Å²) in [4.78, 5) is 11.9. The third-order valence-corrected chi connectivity index (χ3v) is 3.48. The van der Waals surface area contributed by atoms with Crippen LogP contribution in [0.15, 0.2) is 47.6 Å². The maximum atomic E-state index is 11.9. The van der Waals surface area contributed by atoms with E-state index in [9.17, 15) is 4.79 Å². The van der Waals surface area contributed by atoms with Gasteiger partial charge in [0.1, 0.15) is 5.75 Å². The van der Waals surface area contributed by atoms with Crippen LogP contribution >= 0.6 is 11.6 Å². The van der Waals surface area contributed by atoms with Crippen molar-refractivity contribution in [3.63, 3.8) is 0 Å². The van der Waals surface area contributed by atoms with E-state index in [1.54, 1.807) is 37.4 Å². The lowest BCUT2D eigenvalue weighted by Crippen LogP contribution is -2.24. The van der Waals surface area contributed by atoms with Crippen LogP contribution in [0.4, 0.5) is 0 Å². The van der Waals surface area contributed by atoms with Crippen molar-refractivity contribution in [2.24, 2.45) is 5.10 Å². The van der Waals surface area contributed by atoms with Crippen LogP contribution < -0.4 is 19.6 Å². The van der Waals surface area contributed by atoms with Crippen LogP contribution in [0.2, 0.25) is 5.02 Å². The lowest BCUT2D eigenvalue weighted by Gasteiger charge is -2.15. The molecule has 6 nitrogen and oxygen atoms in total. The van der Waals surface area contributed by atoms with Crippen LogP contribution in [0, 0.1) is 0 Å². The molecule has 0 radical (unpaired) electrons. The zero-order chi connectivity index (χ0) is 18.9. The molecule has 0 spiro atoms. The van der Waals surface area contributed by atoms with Crippen LogP contribution in [0.3, 0.4) is 0 Å². The number of nitrogens with zero attached hydrogens (tertiary/aromatic N) is 1. The van der Waals surface area contributed by atoms with Gasteiger partial charge in [-0.25, -0.2) is 5.43 Å². The van der Waals surface area contributed by atoms with E-state index in [0.29, 0.717) is 27.8 Å². The highest BCUT2D eigenvalue weighted by Gasteiger charge is 2.11. The molecule has 0 atom stereocenters. The molecule has 0 aliphatic heterocycles. The first-order chi connectivity index (χ1) is 12.5. The summed E-state index contributed by atoms with van der Waals surface area (Å²) < 4.78 is 16.4. The summed E-state index contributed by atoms with van der Waals surface area (Å²) in [6, 6.07) is 12.4. The zero-order valence-electron chi connectivity index (χ0n) is 14.9. The number of hydrazone groups is 1. The van der Waals surface area contributed by atoms with Crippen LogP contribution in [-0.4, -0.2) is 31.9 Å². The fourth-order valence-corrected chi connectivity index (χ4v) is 2.26. The lowest BCUT2D eigenvalue weighted by molar-refractivity contribution is -0.123. The molecule has 0 heterocycles. The van der Waals surface area contributed by atoms with Crippen LogP contribution in [-0.2, 0) is 4.79 Å².